The van der Waals surface area contributed by atoms with Gasteiger partial charge in [-0.05, 0) is 37.6 Å². The highest BCUT2D eigenvalue weighted by atomic mass is 32.2. The molecule has 11 heteroatoms. The molecule has 2 aliphatic rings. The third-order valence-electron chi connectivity index (χ3n) is 5.62. The summed E-state index contributed by atoms with van der Waals surface area (Å²) in [7, 11) is -3.19. The quantitative estimate of drug-likeness (QED) is 0.512. The molecular formula is C22H25N7O3S. The number of nitrogens with one attached hydrogen (secondary N) is 3. The summed E-state index contributed by atoms with van der Waals surface area (Å²) in [4.78, 5) is 18.3. The van der Waals surface area contributed by atoms with Gasteiger partial charge in [0, 0.05) is 48.6 Å². The lowest BCUT2D eigenvalue weighted by Crippen LogP contribution is -2.26. The molecule has 0 amide bonds. The van der Waals surface area contributed by atoms with Crippen LogP contribution >= 0.6 is 0 Å². The van der Waals surface area contributed by atoms with E-state index < -0.39 is 9.84 Å². The van der Waals surface area contributed by atoms with Crippen LogP contribution in [0.25, 0.3) is 11.3 Å². The molecule has 0 radical (unpaired) electrons. The number of sulfone groups is 1. The lowest BCUT2D eigenvalue weighted by atomic mass is 9.97. The molecule has 33 heavy (non-hydrogen) atoms. The van der Waals surface area contributed by atoms with Crippen LogP contribution in [-0.2, 0) is 28.6 Å². The summed E-state index contributed by atoms with van der Waals surface area (Å²) < 4.78 is 29.0. The van der Waals surface area contributed by atoms with Crippen LogP contribution in [0.1, 0.15) is 22.5 Å². The van der Waals surface area contributed by atoms with Gasteiger partial charge in [-0.1, -0.05) is 0 Å². The van der Waals surface area contributed by atoms with Gasteiger partial charge in [0.25, 0.3) is 0 Å². The number of hydrogen-bond donors (Lipinski definition) is 3. The van der Waals surface area contributed by atoms with Crippen LogP contribution in [0.15, 0.2) is 24.5 Å². The Morgan fingerprint density at radius 1 is 1.21 bits per heavy atom. The molecule has 172 valence electrons. The minimum atomic E-state index is -3.19. The van der Waals surface area contributed by atoms with Crippen LogP contribution in [0.4, 0.5) is 17.3 Å². The average Bonchev–Trinajstić information content (AvgIpc) is 2.78. The standard InChI is InChI=1S/C22H25N7O3S/c1-13-17(10-26-21-19(13)25-7-8-32-21)20-16-4-5-23-11-18(16)28-22(29-20)27-14-3-6-24-15(9-14)12-33(2,30)31/h3,6,9-10,23,25H,4-5,7-8,11-12H2,1-2H3,(H,24,27,28,29). The molecule has 0 unspecified atom stereocenters. The van der Waals surface area contributed by atoms with Crippen LogP contribution in [0.5, 0.6) is 5.88 Å². The minimum Gasteiger partial charge on any atom is -0.474 e. The number of aromatic nitrogens is 4. The van der Waals surface area contributed by atoms with Crippen LogP contribution in [0.3, 0.4) is 0 Å². The first kappa shape index (κ1) is 21.5. The predicted molar refractivity (Wildman–Crippen MR) is 125 cm³/mol. The van der Waals surface area contributed by atoms with E-state index in [1.54, 1.807) is 18.3 Å². The van der Waals surface area contributed by atoms with E-state index in [1.165, 1.54) is 6.26 Å². The third kappa shape index (κ3) is 4.60. The van der Waals surface area contributed by atoms with Gasteiger partial charge in [-0.3, -0.25) is 4.98 Å². The van der Waals surface area contributed by atoms with E-state index in [9.17, 15) is 8.42 Å². The van der Waals surface area contributed by atoms with Crippen molar-refractivity contribution in [3.8, 4) is 17.1 Å². The second kappa shape index (κ2) is 8.56. The normalized spacial score (nSPS) is 15.1. The van der Waals surface area contributed by atoms with Crippen molar-refractivity contribution in [1.82, 2.24) is 25.3 Å². The van der Waals surface area contributed by atoms with Gasteiger partial charge in [-0.25, -0.2) is 23.4 Å². The van der Waals surface area contributed by atoms with Crippen molar-refractivity contribution in [3.05, 3.63) is 47.0 Å². The molecule has 3 N–H and O–H groups in total. The summed E-state index contributed by atoms with van der Waals surface area (Å²) in [6.45, 7) is 4.87. The monoisotopic (exact) mass is 467 g/mol. The van der Waals surface area contributed by atoms with Crippen molar-refractivity contribution in [2.45, 2.75) is 25.6 Å². The molecule has 0 bridgehead atoms. The molecule has 0 saturated carbocycles. The highest BCUT2D eigenvalue weighted by Crippen LogP contribution is 2.37. The van der Waals surface area contributed by atoms with Gasteiger partial charge in [0.15, 0.2) is 9.84 Å². The Morgan fingerprint density at radius 3 is 2.94 bits per heavy atom. The maximum atomic E-state index is 11.7. The summed E-state index contributed by atoms with van der Waals surface area (Å²) in [5, 5.41) is 9.98. The van der Waals surface area contributed by atoms with Crippen molar-refractivity contribution in [3.63, 3.8) is 0 Å². The fraction of sp³-hybridized carbons (Fsp3) is 0.364. The first-order chi connectivity index (χ1) is 15.9. The number of fused-ring (bicyclic) bond motifs is 2. The highest BCUT2D eigenvalue weighted by molar-refractivity contribution is 7.89. The van der Waals surface area contributed by atoms with Crippen LogP contribution in [0, 0.1) is 6.92 Å². The van der Waals surface area contributed by atoms with Crippen molar-refractivity contribution in [1.29, 1.82) is 0 Å². The van der Waals surface area contributed by atoms with Crippen LogP contribution in [-0.4, -0.2) is 54.3 Å². The molecule has 3 aromatic rings. The Morgan fingerprint density at radius 2 is 2.09 bits per heavy atom. The fourth-order valence-electron chi connectivity index (χ4n) is 4.13. The molecule has 3 aromatic heterocycles. The van der Waals surface area contributed by atoms with Gasteiger partial charge >= 0.3 is 0 Å². The van der Waals surface area contributed by atoms with Gasteiger partial charge in [0.1, 0.15) is 12.3 Å². The minimum absolute atomic E-state index is 0.127. The van der Waals surface area contributed by atoms with E-state index in [2.05, 4.69) is 25.9 Å². The Bertz CT molecular complexity index is 1330. The number of rotatable bonds is 5. The molecule has 0 saturated heterocycles. The molecule has 0 spiro atoms. The smallest absolute Gasteiger partial charge is 0.237 e. The summed E-state index contributed by atoms with van der Waals surface area (Å²) in [6, 6.07) is 3.47. The van der Waals surface area contributed by atoms with E-state index in [0.717, 1.165) is 53.3 Å². The first-order valence-electron chi connectivity index (χ1n) is 10.7. The Balaban J connectivity index is 1.55. The van der Waals surface area contributed by atoms with Gasteiger partial charge in [-0.15, -0.1) is 0 Å². The molecule has 0 fully saturated rings. The highest BCUT2D eigenvalue weighted by Gasteiger charge is 2.23. The van der Waals surface area contributed by atoms with Crippen LogP contribution in [0.2, 0.25) is 0 Å². The topological polar surface area (TPSA) is 131 Å². The molecule has 10 nitrogen and oxygen atoms in total. The number of anilines is 3. The number of ether oxygens (including phenoxy) is 1. The molecule has 0 aromatic carbocycles. The zero-order chi connectivity index (χ0) is 23.0. The van der Waals surface area contributed by atoms with E-state index in [1.807, 2.05) is 13.1 Å². The molecule has 0 atom stereocenters. The van der Waals surface area contributed by atoms with Gasteiger partial charge < -0.3 is 20.7 Å². The van der Waals surface area contributed by atoms with Crippen LogP contribution < -0.4 is 20.7 Å². The summed E-state index contributed by atoms with van der Waals surface area (Å²) in [5.41, 5.74) is 6.88. The zero-order valence-corrected chi connectivity index (χ0v) is 19.3. The summed E-state index contributed by atoms with van der Waals surface area (Å²) >= 11 is 0. The van der Waals surface area contributed by atoms with Gasteiger partial charge in [0.05, 0.1) is 22.8 Å². The summed E-state index contributed by atoms with van der Waals surface area (Å²) in [5.74, 6) is 0.920. The summed E-state index contributed by atoms with van der Waals surface area (Å²) in [6.07, 6.45) is 5.40. The average molecular weight is 468 g/mol. The van der Waals surface area contributed by atoms with Crippen molar-refractivity contribution >= 4 is 27.2 Å². The lowest BCUT2D eigenvalue weighted by Gasteiger charge is -2.24. The SMILES string of the molecule is Cc1c(-c2nc(Nc3ccnc(CS(C)(=O)=O)c3)nc3c2CCNC3)cnc2c1NCCO2. The molecule has 5 heterocycles. The second-order valence-corrected chi connectivity index (χ2v) is 10.4. The number of pyridine rings is 2. The Kier molecular flexibility index (Phi) is 5.59. The molecule has 0 aliphatic carbocycles. The van der Waals surface area contributed by atoms with E-state index in [-0.39, 0.29) is 5.75 Å². The largest absolute Gasteiger partial charge is 0.474 e. The van der Waals surface area contributed by atoms with E-state index in [0.29, 0.717) is 36.4 Å². The predicted octanol–water partition coefficient (Wildman–Crippen LogP) is 1.98. The first-order valence-corrected chi connectivity index (χ1v) is 12.8. The Labute approximate surface area is 192 Å². The Hall–Kier alpha value is -3.31. The molecular weight excluding hydrogens is 442 g/mol. The number of hydrogen-bond acceptors (Lipinski definition) is 10. The fourth-order valence-corrected chi connectivity index (χ4v) is 4.83. The molecule has 2 aliphatic heterocycles. The van der Waals surface area contributed by atoms with E-state index in [4.69, 9.17) is 14.7 Å². The van der Waals surface area contributed by atoms with Crippen molar-refractivity contribution < 1.29 is 13.2 Å². The molecule has 5 rings (SSSR count). The van der Waals surface area contributed by atoms with Gasteiger partial charge in [0.2, 0.25) is 11.8 Å². The maximum absolute atomic E-state index is 11.7. The second-order valence-electron chi connectivity index (χ2n) is 8.23. The lowest BCUT2D eigenvalue weighted by molar-refractivity contribution is 0.310. The zero-order valence-electron chi connectivity index (χ0n) is 18.5. The maximum Gasteiger partial charge on any atom is 0.237 e. The number of nitrogens with zero attached hydrogens (tertiary/aromatic N) is 4. The van der Waals surface area contributed by atoms with E-state index >= 15 is 0 Å². The third-order valence-corrected chi connectivity index (χ3v) is 6.44. The van der Waals surface area contributed by atoms with Crippen molar-refractivity contribution in [2.75, 3.05) is 36.6 Å². The van der Waals surface area contributed by atoms with Crippen molar-refractivity contribution in [2.24, 2.45) is 0 Å². The van der Waals surface area contributed by atoms with Gasteiger partial charge in [-0.2, -0.15) is 0 Å².